The molecule has 5 nitrogen and oxygen atoms in total. The van der Waals surface area contributed by atoms with Crippen LogP contribution in [0.2, 0.25) is 5.02 Å². The van der Waals surface area contributed by atoms with Crippen molar-refractivity contribution in [2.24, 2.45) is 5.73 Å². The first-order chi connectivity index (χ1) is 7.58. The Bertz CT molecular complexity index is 425. The molecule has 6 heteroatoms. The summed E-state index contributed by atoms with van der Waals surface area (Å²) >= 11 is 5.86. The van der Waals surface area contributed by atoms with Crippen molar-refractivity contribution in [3.05, 3.63) is 33.3 Å². The summed E-state index contributed by atoms with van der Waals surface area (Å²) in [7, 11) is 0. The molecule has 1 saturated heterocycles. The van der Waals surface area contributed by atoms with E-state index in [9.17, 15) is 10.1 Å². The molecule has 86 valence electrons. The fourth-order valence-electron chi connectivity index (χ4n) is 1.91. The number of anilines is 1. The third-order valence-corrected chi connectivity index (χ3v) is 2.93. The van der Waals surface area contributed by atoms with Crippen LogP contribution in [0.1, 0.15) is 6.42 Å². The molecule has 0 radical (unpaired) electrons. The highest BCUT2D eigenvalue weighted by molar-refractivity contribution is 6.31. The van der Waals surface area contributed by atoms with Gasteiger partial charge in [-0.2, -0.15) is 0 Å². The fraction of sp³-hybridized carbons (Fsp3) is 0.400. The van der Waals surface area contributed by atoms with Crippen molar-refractivity contribution >= 4 is 23.0 Å². The lowest BCUT2D eigenvalue weighted by Crippen LogP contribution is -2.26. The Kier molecular flexibility index (Phi) is 2.98. The molecule has 2 rings (SSSR count). The Morgan fingerprint density at radius 2 is 2.31 bits per heavy atom. The average molecular weight is 242 g/mol. The first-order valence-corrected chi connectivity index (χ1v) is 5.40. The van der Waals surface area contributed by atoms with E-state index in [0.717, 1.165) is 13.0 Å². The second-order valence-corrected chi connectivity index (χ2v) is 4.32. The maximum Gasteiger partial charge on any atom is 0.292 e. The Morgan fingerprint density at radius 1 is 1.56 bits per heavy atom. The van der Waals surface area contributed by atoms with Crippen LogP contribution in [0.15, 0.2) is 18.2 Å². The Labute approximate surface area is 97.9 Å². The van der Waals surface area contributed by atoms with Crippen LogP contribution >= 0.6 is 11.6 Å². The van der Waals surface area contributed by atoms with Crippen LogP contribution in [-0.2, 0) is 0 Å². The molecule has 1 aromatic carbocycles. The van der Waals surface area contributed by atoms with Crippen LogP contribution in [0, 0.1) is 10.1 Å². The van der Waals surface area contributed by atoms with Crippen LogP contribution < -0.4 is 10.6 Å². The van der Waals surface area contributed by atoms with Crippen LogP contribution in [0.3, 0.4) is 0 Å². The van der Waals surface area contributed by atoms with E-state index in [4.69, 9.17) is 17.3 Å². The van der Waals surface area contributed by atoms with Crippen LogP contribution in [-0.4, -0.2) is 24.1 Å². The Morgan fingerprint density at radius 3 is 2.88 bits per heavy atom. The monoisotopic (exact) mass is 241 g/mol. The highest BCUT2D eigenvalue weighted by Gasteiger charge is 2.25. The van der Waals surface area contributed by atoms with Gasteiger partial charge in [0.05, 0.1) is 4.92 Å². The number of hydrogen-bond donors (Lipinski definition) is 1. The maximum absolute atomic E-state index is 10.9. The van der Waals surface area contributed by atoms with Crippen molar-refractivity contribution in [3.63, 3.8) is 0 Å². The van der Waals surface area contributed by atoms with Crippen LogP contribution in [0.4, 0.5) is 11.4 Å². The summed E-state index contributed by atoms with van der Waals surface area (Å²) in [4.78, 5) is 12.4. The quantitative estimate of drug-likeness (QED) is 0.633. The van der Waals surface area contributed by atoms with Crippen molar-refractivity contribution < 1.29 is 4.92 Å². The molecule has 0 amide bonds. The number of hydrogen-bond acceptors (Lipinski definition) is 4. The topological polar surface area (TPSA) is 72.4 Å². The average Bonchev–Trinajstić information content (AvgIpc) is 2.64. The molecular formula is C10H12ClN3O2. The number of nitrogens with two attached hydrogens (primary N) is 1. The summed E-state index contributed by atoms with van der Waals surface area (Å²) in [5.74, 6) is 0. The first-order valence-electron chi connectivity index (χ1n) is 5.02. The largest absolute Gasteiger partial charge is 0.364 e. The zero-order valence-corrected chi connectivity index (χ0v) is 9.35. The lowest BCUT2D eigenvalue weighted by Gasteiger charge is -2.17. The molecule has 0 bridgehead atoms. The van der Waals surface area contributed by atoms with Gasteiger partial charge in [-0.3, -0.25) is 10.1 Å². The van der Waals surface area contributed by atoms with E-state index < -0.39 is 4.92 Å². The second-order valence-electron chi connectivity index (χ2n) is 3.88. The van der Waals surface area contributed by atoms with Gasteiger partial charge in [-0.15, -0.1) is 0 Å². The first kappa shape index (κ1) is 11.2. The minimum Gasteiger partial charge on any atom is -0.364 e. The number of nitro groups is 1. The van der Waals surface area contributed by atoms with E-state index >= 15 is 0 Å². The normalized spacial score (nSPS) is 20.1. The standard InChI is InChI=1S/C10H12ClN3O2/c11-7-1-2-9(14(15)16)10(5-7)13-4-3-8(12)6-13/h1-2,5,8H,3-4,6,12H2. The number of nitrogens with zero attached hydrogens (tertiary/aromatic N) is 2. The lowest BCUT2D eigenvalue weighted by molar-refractivity contribution is -0.384. The number of rotatable bonds is 2. The maximum atomic E-state index is 10.9. The zero-order chi connectivity index (χ0) is 11.7. The van der Waals surface area contributed by atoms with Gasteiger partial charge in [0.2, 0.25) is 0 Å². The van der Waals surface area contributed by atoms with Crippen molar-refractivity contribution in [1.82, 2.24) is 0 Å². The molecule has 0 aromatic heterocycles. The van der Waals surface area contributed by atoms with Crippen LogP contribution in [0.5, 0.6) is 0 Å². The molecule has 1 aliphatic heterocycles. The third kappa shape index (κ3) is 2.10. The molecule has 0 saturated carbocycles. The molecule has 16 heavy (non-hydrogen) atoms. The highest BCUT2D eigenvalue weighted by Crippen LogP contribution is 2.32. The van der Waals surface area contributed by atoms with Gasteiger partial charge in [0.25, 0.3) is 5.69 Å². The van der Waals surface area contributed by atoms with E-state index in [0.29, 0.717) is 17.3 Å². The van der Waals surface area contributed by atoms with Gasteiger partial charge in [-0.25, -0.2) is 0 Å². The van der Waals surface area contributed by atoms with Crippen molar-refractivity contribution in [2.75, 3.05) is 18.0 Å². The SMILES string of the molecule is NC1CCN(c2cc(Cl)ccc2[N+](=O)[O-])C1. The van der Waals surface area contributed by atoms with Gasteiger partial charge < -0.3 is 10.6 Å². The van der Waals surface area contributed by atoms with E-state index in [2.05, 4.69) is 0 Å². The van der Waals surface area contributed by atoms with E-state index in [1.54, 1.807) is 6.07 Å². The summed E-state index contributed by atoms with van der Waals surface area (Å²) in [5.41, 5.74) is 6.42. The molecule has 1 aromatic rings. The summed E-state index contributed by atoms with van der Waals surface area (Å²) in [6.45, 7) is 1.38. The predicted octanol–water partition coefficient (Wildman–Crippen LogP) is 1.79. The van der Waals surface area contributed by atoms with E-state index in [1.807, 2.05) is 4.90 Å². The van der Waals surface area contributed by atoms with Gasteiger partial charge >= 0.3 is 0 Å². The Hall–Kier alpha value is -1.33. The lowest BCUT2D eigenvalue weighted by atomic mass is 10.2. The molecule has 1 heterocycles. The Balaban J connectivity index is 2.37. The predicted molar refractivity (Wildman–Crippen MR) is 62.9 cm³/mol. The molecule has 1 fully saturated rings. The van der Waals surface area contributed by atoms with Crippen molar-refractivity contribution in [2.45, 2.75) is 12.5 Å². The number of nitro benzene ring substituents is 1. The fourth-order valence-corrected chi connectivity index (χ4v) is 2.08. The second kappa shape index (κ2) is 4.27. The van der Waals surface area contributed by atoms with Crippen LogP contribution in [0.25, 0.3) is 0 Å². The molecule has 2 N–H and O–H groups in total. The number of benzene rings is 1. The van der Waals surface area contributed by atoms with Gasteiger partial charge in [0, 0.05) is 30.2 Å². The summed E-state index contributed by atoms with van der Waals surface area (Å²) in [5, 5.41) is 11.4. The zero-order valence-electron chi connectivity index (χ0n) is 8.60. The smallest absolute Gasteiger partial charge is 0.292 e. The molecule has 0 spiro atoms. The summed E-state index contributed by atoms with van der Waals surface area (Å²) in [6, 6.07) is 4.66. The minimum absolute atomic E-state index is 0.0819. The van der Waals surface area contributed by atoms with Gasteiger partial charge in [0.1, 0.15) is 5.69 Å². The highest BCUT2D eigenvalue weighted by atomic mass is 35.5. The van der Waals surface area contributed by atoms with Gasteiger partial charge in [-0.1, -0.05) is 11.6 Å². The van der Waals surface area contributed by atoms with Gasteiger partial charge in [0.15, 0.2) is 0 Å². The van der Waals surface area contributed by atoms with E-state index in [1.165, 1.54) is 12.1 Å². The van der Waals surface area contributed by atoms with Crippen molar-refractivity contribution in [1.29, 1.82) is 0 Å². The molecule has 0 aliphatic carbocycles. The molecular weight excluding hydrogens is 230 g/mol. The number of halogens is 1. The molecule has 1 aliphatic rings. The summed E-state index contributed by atoms with van der Waals surface area (Å²) < 4.78 is 0. The third-order valence-electron chi connectivity index (χ3n) is 2.70. The van der Waals surface area contributed by atoms with Crippen molar-refractivity contribution in [3.8, 4) is 0 Å². The summed E-state index contributed by atoms with van der Waals surface area (Å²) in [6.07, 6.45) is 0.851. The molecule has 1 atom stereocenters. The van der Waals surface area contributed by atoms with E-state index in [-0.39, 0.29) is 11.7 Å². The minimum atomic E-state index is -0.393. The molecule has 1 unspecified atom stereocenters. The van der Waals surface area contributed by atoms with Gasteiger partial charge in [-0.05, 0) is 18.6 Å².